The molecule has 1 aromatic heterocycles. The molecule has 0 saturated heterocycles. The standard InChI is InChI=1S/C14H18O3/c1-10(15)5-6-11-7-8-13(16)17-12(11)9-14(2,3)4/h5-9,15H,1-4H3/b10-5+,11-6-,12-9-. The monoisotopic (exact) mass is 234 g/mol. The lowest BCUT2D eigenvalue weighted by Gasteiger charge is -2.10. The first-order valence-electron chi connectivity index (χ1n) is 5.48. The van der Waals surface area contributed by atoms with E-state index in [1.54, 1.807) is 25.1 Å². The maximum Gasteiger partial charge on any atom is 0.336 e. The summed E-state index contributed by atoms with van der Waals surface area (Å²) in [5.41, 5.74) is 0.0718. The van der Waals surface area contributed by atoms with Crippen molar-refractivity contribution in [1.82, 2.24) is 0 Å². The zero-order valence-corrected chi connectivity index (χ0v) is 10.7. The van der Waals surface area contributed by atoms with Crippen molar-refractivity contribution in [2.75, 3.05) is 0 Å². The Morgan fingerprint density at radius 1 is 1.35 bits per heavy atom. The van der Waals surface area contributed by atoms with E-state index in [1.165, 1.54) is 6.07 Å². The summed E-state index contributed by atoms with van der Waals surface area (Å²) < 4.78 is 5.16. The van der Waals surface area contributed by atoms with E-state index < -0.39 is 0 Å². The maximum atomic E-state index is 11.2. The van der Waals surface area contributed by atoms with Gasteiger partial charge in [0.25, 0.3) is 0 Å². The second-order valence-corrected chi connectivity index (χ2v) is 5.06. The van der Waals surface area contributed by atoms with Crippen molar-refractivity contribution in [3.63, 3.8) is 0 Å². The van der Waals surface area contributed by atoms with Crippen molar-refractivity contribution in [3.8, 4) is 0 Å². The molecule has 1 N–H and O–H groups in total. The molecule has 92 valence electrons. The van der Waals surface area contributed by atoms with E-state index in [1.807, 2.05) is 26.8 Å². The van der Waals surface area contributed by atoms with Gasteiger partial charge in [0.05, 0.1) is 5.76 Å². The van der Waals surface area contributed by atoms with Crippen LogP contribution in [0.3, 0.4) is 0 Å². The Morgan fingerprint density at radius 3 is 2.53 bits per heavy atom. The average molecular weight is 234 g/mol. The Morgan fingerprint density at radius 2 is 2.00 bits per heavy atom. The van der Waals surface area contributed by atoms with Crippen molar-refractivity contribution in [3.05, 3.63) is 45.0 Å². The van der Waals surface area contributed by atoms with Crippen LogP contribution in [0, 0.1) is 5.41 Å². The van der Waals surface area contributed by atoms with Gasteiger partial charge in [-0.15, -0.1) is 0 Å². The van der Waals surface area contributed by atoms with Crippen molar-refractivity contribution in [1.29, 1.82) is 0 Å². The molecule has 0 aliphatic carbocycles. The molecule has 0 spiro atoms. The van der Waals surface area contributed by atoms with E-state index >= 15 is 0 Å². The van der Waals surface area contributed by atoms with Gasteiger partial charge in [-0.25, -0.2) is 4.79 Å². The molecule has 0 unspecified atom stereocenters. The van der Waals surface area contributed by atoms with Crippen LogP contribution in [-0.2, 0) is 0 Å². The lowest BCUT2D eigenvalue weighted by atomic mass is 9.96. The van der Waals surface area contributed by atoms with Crippen LogP contribution in [0.2, 0.25) is 0 Å². The lowest BCUT2D eigenvalue weighted by molar-refractivity contribution is 0.415. The molecule has 3 heteroatoms. The number of hydrogen-bond donors (Lipinski definition) is 1. The molecule has 1 heterocycles. The molecule has 1 aromatic rings. The Bertz CT molecular complexity index is 579. The summed E-state index contributed by atoms with van der Waals surface area (Å²) in [5.74, 6) is 0.206. The number of allylic oxidation sites excluding steroid dienone is 2. The summed E-state index contributed by atoms with van der Waals surface area (Å²) in [5, 5.41) is 9.89. The van der Waals surface area contributed by atoms with Crippen LogP contribution in [-0.4, -0.2) is 5.11 Å². The molecule has 0 radical (unpaired) electrons. The van der Waals surface area contributed by atoms with Crippen LogP contribution in [0.1, 0.15) is 27.7 Å². The van der Waals surface area contributed by atoms with Gasteiger partial charge in [-0.3, -0.25) is 0 Å². The summed E-state index contributed by atoms with van der Waals surface area (Å²) in [6.07, 6.45) is 5.17. The fourth-order valence-corrected chi connectivity index (χ4v) is 1.30. The average Bonchev–Trinajstić information content (AvgIpc) is 2.13. The number of aliphatic hydroxyl groups is 1. The first-order chi connectivity index (χ1) is 7.78. The summed E-state index contributed by atoms with van der Waals surface area (Å²) in [7, 11) is 0. The van der Waals surface area contributed by atoms with Gasteiger partial charge < -0.3 is 9.52 Å². The molecular weight excluding hydrogens is 216 g/mol. The van der Waals surface area contributed by atoms with Gasteiger partial charge in [-0.05, 0) is 36.6 Å². The minimum Gasteiger partial charge on any atom is -0.513 e. The van der Waals surface area contributed by atoms with Crippen LogP contribution in [0.15, 0.2) is 33.2 Å². The third kappa shape index (κ3) is 4.72. The zero-order valence-electron chi connectivity index (χ0n) is 10.7. The van der Waals surface area contributed by atoms with Crippen LogP contribution in [0.4, 0.5) is 0 Å². The quantitative estimate of drug-likeness (QED) is 0.752. The minimum absolute atomic E-state index is 0.0855. The first-order valence-corrected chi connectivity index (χ1v) is 5.48. The van der Waals surface area contributed by atoms with Crippen molar-refractivity contribution in [2.45, 2.75) is 27.7 Å². The first kappa shape index (κ1) is 13.3. The summed E-state index contributed by atoms with van der Waals surface area (Å²) in [6, 6.07) is 3.05. The molecule has 0 atom stereocenters. The molecule has 0 aromatic carbocycles. The van der Waals surface area contributed by atoms with Gasteiger partial charge in [-0.2, -0.15) is 0 Å². The molecule has 0 amide bonds. The lowest BCUT2D eigenvalue weighted by Crippen LogP contribution is -2.30. The summed E-state index contributed by atoms with van der Waals surface area (Å²) in [6.45, 7) is 7.66. The second kappa shape index (κ2) is 5.04. The van der Waals surface area contributed by atoms with Gasteiger partial charge >= 0.3 is 5.63 Å². The maximum absolute atomic E-state index is 11.2. The minimum atomic E-state index is -0.373. The highest BCUT2D eigenvalue weighted by molar-refractivity contribution is 5.39. The smallest absolute Gasteiger partial charge is 0.336 e. The molecule has 1 rings (SSSR count). The molecule has 0 bridgehead atoms. The Balaban J connectivity index is 3.54. The molecule has 3 nitrogen and oxygen atoms in total. The zero-order chi connectivity index (χ0) is 13.1. The van der Waals surface area contributed by atoms with E-state index in [0.717, 1.165) is 5.22 Å². The number of rotatable bonds is 1. The number of aliphatic hydroxyl groups excluding tert-OH is 1. The highest BCUT2D eigenvalue weighted by Crippen LogP contribution is 2.13. The van der Waals surface area contributed by atoms with E-state index in [-0.39, 0.29) is 16.8 Å². The van der Waals surface area contributed by atoms with E-state index in [9.17, 15) is 4.79 Å². The van der Waals surface area contributed by atoms with Crippen molar-refractivity contribution >= 4 is 12.2 Å². The van der Waals surface area contributed by atoms with E-state index in [2.05, 4.69) is 0 Å². The van der Waals surface area contributed by atoms with Crippen molar-refractivity contribution < 1.29 is 9.52 Å². The largest absolute Gasteiger partial charge is 0.513 e. The van der Waals surface area contributed by atoms with Crippen LogP contribution < -0.4 is 16.3 Å². The highest BCUT2D eigenvalue weighted by Gasteiger charge is 2.05. The Labute approximate surface area is 100 Å². The topological polar surface area (TPSA) is 50.4 Å². The van der Waals surface area contributed by atoms with E-state index in [4.69, 9.17) is 9.52 Å². The van der Waals surface area contributed by atoms with Gasteiger partial charge in [0.15, 0.2) is 0 Å². The third-order valence-corrected chi connectivity index (χ3v) is 1.96. The van der Waals surface area contributed by atoms with Crippen LogP contribution in [0.25, 0.3) is 12.2 Å². The predicted octanol–water partition coefficient (Wildman–Crippen LogP) is 1.71. The predicted molar refractivity (Wildman–Crippen MR) is 69.0 cm³/mol. The third-order valence-electron chi connectivity index (χ3n) is 1.96. The summed E-state index contributed by atoms with van der Waals surface area (Å²) >= 11 is 0. The van der Waals surface area contributed by atoms with Gasteiger partial charge in [-0.1, -0.05) is 20.8 Å². The SMILES string of the molecule is C\C(O)=C/C=c1/ccc(=O)o/c1=C\C(C)(C)C. The normalized spacial score (nSPS) is 15.4. The van der Waals surface area contributed by atoms with Crippen LogP contribution in [0.5, 0.6) is 0 Å². The Hall–Kier alpha value is -1.77. The second-order valence-electron chi connectivity index (χ2n) is 5.06. The fraction of sp³-hybridized carbons (Fsp3) is 0.357. The fourth-order valence-electron chi connectivity index (χ4n) is 1.30. The summed E-state index contributed by atoms with van der Waals surface area (Å²) in [4.78, 5) is 11.2. The molecule has 0 aliphatic heterocycles. The molecule has 0 aliphatic rings. The van der Waals surface area contributed by atoms with Gasteiger partial charge in [0.2, 0.25) is 0 Å². The molecular formula is C14H18O3. The molecule has 17 heavy (non-hydrogen) atoms. The van der Waals surface area contributed by atoms with Gasteiger partial charge in [0.1, 0.15) is 5.42 Å². The van der Waals surface area contributed by atoms with E-state index in [0.29, 0.717) is 5.42 Å². The van der Waals surface area contributed by atoms with Crippen LogP contribution >= 0.6 is 0 Å². The van der Waals surface area contributed by atoms with Crippen molar-refractivity contribution in [2.24, 2.45) is 5.41 Å². The highest BCUT2D eigenvalue weighted by atomic mass is 16.4. The molecule has 0 saturated carbocycles. The molecule has 0 fully saturated rings. The number of hydrogen-bond acceptors (Lipinski definition) is 3. The van der Waals surface area contributed by atoms with Gasteiger partial charge in [0, 0.05) is 11.3 Å². The Kier molecular flexibility index (Phi) is 3.94.